The molecule has 1 aromatic rings. The molecule has 0 saturated heterocycles. The molecular formula is C16H27Cl2N3O2. The van der Waals surface area contributed by atoms with Gasteiger partial charge in [0.25, 0.3) is 0 Å². The topological polar surface area (TPSA) is 68.5 Å². The standard InChI is InChI=1S/C16H25N3O2.2ClH/c1-5-21-13-10-16(17,15(13,2)3)14(20)19(4)11-12-8-6-7-9-18-12;;/h6-9,13H,5,10-11,17H2,1-4H3;2*1H. The zero-order chi connectivity index (χ0) is 15.7. The van der Waals surface area contributed by atoms with E-state index in [2.05, 4.69) is 4.98 Å². The van der Waals surface area contributed by atoms with Crippen LogP contribution >= 0.6 is 24.8 Å². The van der Waals surface area contributed by atoms with Crippen LogP contribution < -0.4 is 5.73 Å². The highest BCUT2D eigenvalue weighted by Gasteiger charge is 2.63. The zero-order valence-electron chi connectivity index (χ0n) is 14.1. The molecule has 0 aliphatic heterocycles. The smallest absolute Gasteiger partial charge is 0.243 e. The molecule has 1 saturated carbocycles. The number of pyridine rings is 1. The number of hydrogen-bond donors (Lipinski definition) is 1. The number of aromatic nitrogens is 1. The molecule has 2 rings (SSSR count). The van der Waals surface area contributed by atoms with E-state index in [0.717, 1.165) is 5.69 Å². The molecule has 1 aromatic heterocycles. The Morgan fingerprint density at radius 3 is 2.57 bits per heavy atom. The van der Waals surface area contributed by atoms with Crippen LogP contribution in [-0.2, 0) is 16.1 Å². The third kappa shape index (κ3) is 3.97. The van der Waals surface area contributed by atoms with Gasteiger partial charge in [0, 0.05) is 31.7 Å². The van der Waals surface area contributed by atoms with Crippen LogP contribution in [0.2, 0.25) is 0 Å². The van der Waals surface area contributed by atoms with Crippen molar-refractivity contribution in [2.24, 2.45) is 11.1 Å². The fraction of sp³-hybridized carbons (Fsp3) is 0.625. The number of halogens is 2. The lowest BCUT2D eigenvalue weighted by atomic mass is 9.54. The molecule has 0 aromatic carbocycles. The molecule has 0 radical (unpaired) electrons. The van der Waals surface area contributed by atoms with Crippen LogP contribution in [0, 0.1) is 5.41 Å². The molecule has 2 unspecified atom stereocenters. The molecule has 0 bridgehead atoms. The Labute approximate surface area is 150 Å². The van der Waals surface area contributed by atoms with Crippen LogP contribution in [0.5, 0.6) is 0 Å². The fourth-order valence-corrected chi connectivity index (χ4v) is 2.95. The fourth-order valence-electron chi connectivity index (χ4n) is 2.95. The predicted molar refractivity (Wildman–Crippen MR) is 95.9 cm³/mol. The average Bonchev–Trinajstić information content (AvgIpc) is 2.47. The minimum absolute atomic E-state index is 0. The summed E-state index contributed by atoms with van der Waals surface area (Å²) in [7, 11) is 1.77. The maximum atomic E-state index is 12.7. The van der Waals surface area contributed by atoms with E-state index in [1.807, 2.05) is 39.0 Å². The molecule has 1 amide bonds. The van der Waals surface area contributed by atoms with Gasteiger partial charge < -0.3 is 15.4 Å². The number of amides is 1. The van der Waals surface area contributed by atoms with Gasteiger partial charge in [-0.05, 0) is 19.1 Å². The van der Waals surface area contributed by atoms with E-state index in [1.165, 1.54) is 0 Å². The van der Waals surface area contributed by atoms with Gasteiger partial charge in [0.15, 0.2) is 0 Å². The predicted octanol–water partition coefficient (Wildman–Crippen LogP) is 2.42. The summed E-state index contributed by atoms with van der Waals surface area (Å²) in [4.78, 5) is 18.6. The molecule has 5 nitrogen and oxygen atoms in total. The Morgan fingerprint density at radius 2 is 2.09 bits per heavy atom. The summed E-state index contributed by atoms with van der Waals surface area (Å²) in [6.07, 6.45) is 2.34. The van der Waals surface area contributed by atoms with Gasteiger partial charge in [-0.1, -0.05) is 19.9 Å². The second kappa shape index (κ2) is 8.29. The third-order valence-corrected chi connectivity index (χ3v) is 4.68. The van der Waals surface area contributed by atoms with Crippen molar-refractivity contribution >= 4 is 30.7 Å². The van der Waals surface area contributed by atoms with Gasteiger partial charge in [0.05, 0.1) is 18.3 Å². The molecule has 0 spiro atoms. The lowest BCUT2D eigenvalue weighted by molar-refractivity contribution is -0.178. The van der Waals surface area contributed by atoms with Crippen molar-refractivity contribution in [1.82, 2.24) is 9.88 Å². The Morgan fingerprint density at radius 1 is 1.43 bits per heavy atom. The highest BCUT2D eigenvalue weighted by molar-refractivity contribution is 5.88. The molecule has 2 atom stereocenters. The number of carbonyl (C=O) groups is 1. The van der Waals surface area contributed by atoms with Crippen molar-refractivity contribution in [1.29, 1.82) is 0 Å². The molecule has 1 fully saturated rings. The van der Waals surface area contributed by atoms with Crippen molar-refractivity contribution in [3.8, 4) is 0 Å². The number of hydrogen-bond acceptors (Lipinski definition) is 4. The van der Waals surface area contributed by atoms with Crippen molar-refractivity contribution in [2.45, 2.75) is 45.4 Å². The first-order valence-electron chi connectivity index (χ1n) is 7.39. The van der Waals surface area contributed by atoms with Crippen LogP contribution in [-0.4, -0.2) is 41.1 Å². The largest absolute Gasteiger partial charge is 0.378 e. The SMILES string of the molecule is CCOC1CC(N)(C(=O)N(C)Cc2ccccn2)C1(C)C.Cl.Cl. The highest BCUT2D eigenvalue weighted by Crippen LogP contribution is 2.50. The van der Waals surface area contributed by atoms with Crippen LogP contribution in [0.15, 0.2) is 24.4 Å². The molecule has 23 heavy (non-hydrogen) atoms. The monoisotopic (exact) mass is 363 g/mol. The first-order valence-corrected chi connectivity index (χ1v) is 7.39. The Balaban J connectivity index is 0.00000242. The molecule has 1 aliphatic rings. The second-order valence-corrected chi connectivity index (χ2v) is 6.32. The van der Waals surface area contributed by atoms with E-state index < -0.39 is 5.54 Å². The Bertz CT molecular complexity index is 513. The molecule has 1 aliphatic carbocycles. The number of nitrogens with two attached hydrogens (primary N) is 1. The first-order chi connectivity index (χ1) is 9.83. The van der Waals surface area contributed by atoms with Crippen molar-refractivity contribution in [3.05, 3.63) is 30.1 Å². The van der Waals surface area contributed by atoms with Gasteiger partial charge in [0.2, 0.25) is 5.91 Å². The normalized spacial score (nSPS) is 24.7. The zero-order valence-corrected chi connectivity index (χ0v) is 15.7. The van der Waals surface area contributed by atoms with Gasteiger partial charge in [-0.3, -0.25) is 9.78 Å². The van der Waals surface area contributed by atoms with Crippen LogP contribution in [0.4, 0.5) is 0 Å². The summed E-state index contributed by atoms with van der Waals surface area (Å²) in [5, 5.41) is 0. The van der Waals surface area contributed by atoms with Crippen molar-refractivity contribution in [2.75, 3.05) is 13.7 Å². The summed E-state index contributed by atoms with van der Waals surface area (Å²) < 4.78 is 5.67. The van der Waals surface area contributed by atoms with E-state index in [1.54, 1.807) is 18.1 Å². The minimum atomic E-state index is -0.865. The van der Waals surface area contributed by atoms with E-state index in [0.29, 0.717) is 19.6 Å². The number of likely N-dealkylation sites (N-methyl/N-ethyl adjacent to an activating group) is 1. The second-order valence-electron chi connectivity index (χ2n) is 6.32. The summed E-state index contributed by atoms with van der Waals surface area (Å²) in [6, 6.07) is 5.68. The van der Waals surface area contributed by atoms with Gasteiger partial charge in [0.1, 0.15) is 5.54 Å². The van der Waals surface area contributed by atoms with Gasteiger partial charge in [-0.2, -0.15) is 0 Å². The molecular weight excluding hydrogens is 337 g/mol. The summed E-state index contributed by atoms with van der Waals surface area (Å²) in [6.45, 7) is 7.07. The summed E-state index contributed by atoms with van der Waals surface area (Å²) in [5.41, 5.74) is 6.04. The first kappa shape index (κ1) is 22.1. The Kier molecular flexibility index (Phi) is 7.97. The number of ether oxygens (including phenoxy) is 1. The number of carbonyl (C=O) groups excluding carboxylic acids is 1. The van der Waals surface area contributed by atoms with E-state index in [9.17, 15) is 4.79 Å². The van der Waals surface area contributed by atoms with E-state index >= 15 is 0 Å². The lowest BCUT2D eigenvalue weighted by Gasteiger charge is -2.58. The maximum absolute atomic E-state index is 12.7. The van der Waals surface area contributed by atoms with Crippen molar-refractivity contribution < 1.29 is 9.53 Å². The molecule has 2 N–H and O–H groups in total. The third-order valence-electron chi connectivity index (χ3n) is 4.68. The number of nitrogens with zero attached hydrogens (tertiary/aromatic N) is 2. The van der Waals surface area contributed by atoms with E-state index in [-0.39, 0.29) is 42.2 Å². The number of rotatable bonds is 5. The summed E-state index contributed by atoms with van der Waals surface area (Å²) in [5.74, 6) is -0.0471. The van der Waals surface area contributed by atoms with Gasteiger partial charge >= 0.3 is 0 Å². The highest BCUT2D eigenvalue weighted by atomic mass is 35.5. The molecule has 1 heterocycles. The van der Waals surface area contributed by atoms with E-state index in [4.69, 9.17) is 10.5 Å². The minimum Gasteiger partial charge on any atom is -0.378 e. The average molecular weight is 364 g/mol. The van der Waals surface area contributed by atoms with Crippen LogP contribution in [0.1, 0.15) is 32.9 Å². The lowest BCUT2D eigenvalue weighted by Crippen LogP contribution is -2.75. The van der Waals surface area contributed by atoms with Crippen LogP contribution in [0.3, 0.4) is 0 Å². The molecule has 132 valence electrons. The van der Waals surface area contributed by atoms with Crippen molar-refractivity contribution in [3.63, 3.8) is 0 Å². The Hall–Kier alpha value is -0.880. The quantitative estimate of drug-likeness (QED) is 0.871. The van der Waals surface area contributed by atoms with Gasteiger partial charge in [-0.25, -0.2) is 0 Å². The summed E-state index contributed by atoms with van der Waals surface area (Å²) >= 11 is 0. The maximum Gasteiger partial charge on any atom is 0.243 e. The molecule has 7 heteroatoms. The van der Waals surface area contributed by atoms with Gasteiger partial charge in [-0.15, -0.1) is 24.8 Å². The van der Waals surface area contributed by atoms with Crippen LogP contribution in [0.25, 0.3) is 0 Å².